The molecule has 2 aliphatic rings. The van der Waals surface area contributed by atoms with Crippen molar-refractivity contribution in [3.63, 3.8) is 0 Å². The summed E-state index contributed by atoms with van der Waals surface area (Å²) in [5.74, 6) is 0.124. The summed E-state index contributed by atoms with van der Waals surface area (Å²) < 4.78 is 5.15. The molecular weight excluding hydrogens is 422 g/mol. The van der Waals surface area contributed by atoms with Crippen molar-refractivity contribution >= 4 is 45.9 Å². The number of nitrogens with zero attached hydrogens (tertiary/aromatic N) is 3. The third-order valence-corrected chi connectivity index (χ3v) is 6.66. The molecule has 1 aromatic heterocycles. The number of nitrogens with two attached hydrogens (primary N) is 1. The van der Waals surface area contributed by atoms with Gasteiger partial charge in [0.1, 0.15) is 5.69 Å². The van der Waals surface area contributed by atoms with Crippen molar-refractivity contribution in [2.75, 3.05) is 30.4 Å². The van der Waals surface area contributed by atoms with Crippen molar-refractivity contribution in [2.24, 2.45) is 0 Å². The number of amides is 3. The normalized spacial score (nSPS) is 21.0. The number of aromatic nitrogens is 1. The highest BCUT2D eigenvalue weighted by molar-refractivity contribution is 6.00. The van der Waals surface area contributed by atoms with Crippen LogP contribution in [0.2, 0.25) is 0 Å². The average molecular weight is 449 g/mol. The molecule has 0 radical (unpaired) electrons. The number of carbonyl (C=O) groups is 3. The van der Waals surface area contributed by atoms with Gasteiger partial charge in [0.2, 0.25) is 5.91 Å². The summed E-state index contributed by atoms with van der Waals surface area (Å²) in [6.45, 7) is 1.48. The van der Waals surface area contributed by atoms with Gasteiger partial charge in [-0.1, -0.05) is 5.16 Å². The van der Waals surface area contributed by atoms with Gasteiger partial charge in [0, 0.05) is 42.8 Å². The van der Waals surface area contributed by atoms with E-state index in [4.69, 9.17) is 10.3 Å². The molecule has 1 atom stereocenters. The number of fused-ring (bicyclic) bond motifs is 1. The standard InChI is InChI=1S/C24H25N5O4/c25-23-19-14-16(6-11-20(19)33-27-23)24(32)26-15-29(13-3-5-22(29)31)18-9-7-17(8-10-18)28-12-2-1-4-21(28)30/h6-11,14H,1-5,12-13,15H2,(H2-,25,26,27,32)/p+1. The molecule has 5 rings (SSSR count). The number of nitrogens with one attached hydrogen (secondary N) is 1. The Hall–Kier alpha value is -3.72. The fraction of sp³-hybridized carbons (Fsp3) is 0.333. The lowest BCUT2D eigenvalue weighted by atomic mass is 10.1. The van der Waals surface area contributed by atoms with E-state index < -0.39 is 0 Å². The second-order valence-corrected chi connectivity index (χ2v) is 8.65. The minimum absolute atomic E-state index is 0.0532. The summed E-state index contributed by atoms with van der Waals surface area (Å²) in [6.07, 6.45) is 3.71. The molecule has 9 nitrogen and oxygen atoms in total. The van der Waals surface area contributed by atoms with Crippen LogP contribution >= 0.6 is 0 Å². The molecule has 0 saturated carbocycles. The number of quaternary nitrogens is 1. The molecule has 0 bridgehead atoms. The molecule has 2 aromatic carbocycles. The predicted molar refractivity (Wildman–Crippen MR) is 124 cm³/mol. The van der Waals surface area contributed by atoms with Gasteiger partial charge in [0.05, 0.1) is 18.4 Å². The highest BCUT2D eigenvalue weighted by atomic mass is 16.5. The first kappa shape index (κ1) is 21.1. The molecule has 33 heavy (non-hydrogen) atoms. The van der Waals surface area contributed by atoms with Gasteiger partial charge in [-0.15, -0.1) is 0 Å². The van der Waals surface area contributed by atoms with Crippen LogP contribution < -0.4 is 20.4 Å². The summed E-state index contributed by atoms with van der Waals surface area (Å²) in [6, 6.07) is 12.5. The summed E-state index contributed by atoms with van der Waals surface area (Å²) in [5, 5.41) is 7.21. The number of piperidine rings is 1. The highest BCUT2D eigenvalue weighted by Crippen LogP contribution is 2.32. The van der Waals surface area contributed by atoms with Crippen LogP contribution in [-0.2, 0) is 9.59 Å². The van der Waals surface area contributed by atoms with Gasteiger partial charge in [-0.2, -0.15) is 0 Å². The van der Waals surface area contributed by atoms with Crippen molar-refractivity contribution in [1.82, 2.24) is 15.0 Å². The van der Waals surface area contributed by atoms with Crippen LogP contribution in [-0.4, -0.2) is 42.6 Å². The first-order valence-corrected chi connectivity index (χ1v) is 11.2. The molecule has 3 N–H and O–H groups in total. The van der Waals surface area contributed by atoms with E-state index in [0.29, 0.717) is 42.5 Å². The van der Waals surface area contributed by atoms with Gasteiger partial charge in [0.25, 0.3) is 5.91 Å². The van der Waals surface area contributed by atoms with Crippen molar-refractivity contribution in [3.8, 4) is 0 Å². The van der Waals surface area contributed by atoms with Gasteiger partial charge in [0.15, 0.2) is 18.1 Å². The van der Waals surface area contributed by atoms with Crippen LogP contribution in [0.4, 0.5) is 17.2 Å². The largest absolute Gasteiger partial charge is 0.380 e. The number of likely N-dealkylation sites (tertiary alicyclic amines) is 1. The van der Waals surface area contributed by atoms with Crippen LogP contribution in [0.15, 0.2) is 47.0 Å². The Labute approximate surface area is 190 Å². The van der Waals surface area contributed by atoms with Crippen molar-refractivity contribution in [3.05, 3.63) is 48.0 Å². The van der Waals surface area contributed by atoms with Crippen LogP contribution in [0.3, 0.4) is 0 Å². The number of benzene rings is 2. The van der Waals surface area contributed by atoms with E-state index in [-0.39, 0.29) is 34.7 Å². The lowest BCUT2D eigenvalue weighted by Crippen LogP contribution is -2.56. The van der Waals surface area contributed by atoms with Gasteiger partial charge in [-0.3, -0.25) is 9.59 Å². The number of hydrogen-bond acceptors (Lipinski definition) is 6. The summed E-state index contributed by atoms with van der Waals surface area (Å²) >= 11 is 0. The third kappa shape index (κ3) is 3.74. The summed E-state index contributed by atoms with van der Waals surface area (Å²) in [5.41, 5.74) is 8.38. The van der Waals surface area contributed by atoms with E-state index in [1.165, 1.54) is 0 Å². The fourth-order valence-electron chi connectivity index (χ4n) is 4.77. The molecule has 2 aliphatic heterocycles. The Morgan fingerprint density at radius 3 is 2.64 bits per heavy atom. The number of carbonyl (C=O) groups excluding carboxylic acids is 3. The number of anilines is 2. The SMILES string of the molecule is Nc1noc2ccc(C(=O)NC[N+]3(c4ccc(N5CCCCC5=O)cc4)CCCC3=O)cc12. The maximum absolute atomic E-state index is 13.0. The summed E-state index contributed by atoms with van der Waals surface area (Å²) in [7, 11) is 0. The molecule has 3 heterocycles. The molecule has 0 spiro atoms. The minimum Gasteiger partial charge on any atom is -0.380 e. The first-order chi connectivity index (χ1) is 16.0. The topological polar surface area (TPSA) is 119 Å². The predicted octanol–water partition coefficient (Wildman–Crippen LogP) is 2.94. The molecule has 3 aromatic rings. The molecule has 9 heteroatoms. The average Bonchev–Trinajstić information content (AvgIpc) is 3.40. The van der Waals surface area contributed by atoms with Gasteiger partial charge >= 0.3 is 5.91 Å². The van der Waals surface area contributed by atoms with E-state index in [1.54, 1.807) is 23.1 Å². The molecule has 2 fully saturated rings. The molecular formula is C24H26N5O4+. The molecule has 170 valence electrons. The summed E-state index contributed by atoms with van der Waals surface area (Å²) in [4.78, 5) is 39.9. The zero-order valence-corrected chi connectivity index (χ0v) is 18.3. The molecule has 3 amide bonds. The van der Waals surface area contributed by atoms with Gasteiger partial charge in [-0.05, 0) is 43.2 Å². The van der Waals surface area contributed by atoms with Crippen molar-refractivity contribution in [1.29, 1.82) is 0 Å². The van der Waals surface area contributed by atoms with Crippen LogP contribution in [0.1, 0.15) is 42.5 Å². The number of hydrogen-bond donors (Lipinski definition) is 2. The van der Waals surface area contributed by atoms with Crippen LogP contribution in [0.25, 0.3) is 11.0 Å². The Morgan fingerprint density at radius 2 is 1.91 bits per heavy atom. The number of nitrogen functional groups attached to an aromatic ring is 1. The Balaban J connectivity index is 1.36. The lowest BCUT2D eigenvalue weighted by Gasteiger charge is -2.32. The fourth-order valence-corrected chi connectivity index (χ4v) is 4.77. The quantitative estimate of drug-likeness (QED) is 0.580. The zero-order chi connectivity index (χ0) is 23.0. The van der Waals surface area contributed by atoms with E-state index in [0.717, 1.165) is 30.6 Å². The Kier molecular flexibility index (Phi) is 5.33. The second-order valence-electron chi connectivity index (χ2n) is 8.65. The van der Waals surface area contributed by atoms with Gasteiger partial charge < -0.3 is 20.5 Å². The van der Waals surface area contributed by atoms with E-state index in [9.17, 15) is 14.4 Å². The first-order valence-electron chi connectivity index (χ1n) is 11.2. The van der Waals surface area contributed by atoms with Crippen molar-refractivity contribution in [2.45, 2.75) is 32.1 Å². The van der Waals surface area contributed by atoms with Crippen molar-refractivity contribution < 1.29 is 18.9 Å². The third-order valence-electron chi connectivity index (χ3n) is 6.66. The van der Waals surface area contributed by atoms with E-state index in [1.807, 2.05) is 24.3 Å². The number of rotatable bonds is 5. The lowest BCUT2D eigenvalue weighted by molar-refractivity contribution is -0.127. The zero-order valence-electron chi connectivity index (χ0n) is 18.3. The van der Waals surface area contributed by atoms with E-state index >= 15 is 0 Å². The molecule has 2 saturated heterocycles. The minimum atomic E-state index is -0.301. The van der Waals surface area contributed by atoms with E-state index in [2.05, 4.69) is 10.5 Å². The smallest absolute Gasteiger partial charge is 0.320 e. The Morgan fingerprint density at radius 1 is 1.09 bits per heavy atom. The van der Waals surface area contributed by atoms with Gasteiger partial charge in [-0.25, -0.2) is 9.28 Å². The Bertz CT molecular complexity index is 1240. The maximum atomic E-state index is 13.0. The molecule has 0 aliphatic carbocycles. The highest BCUT2D eigenvalue weighted by Gasteiger charge is 2.43. The van der Waals surface area contributed by atoms with Crippen LogP contribution in [0, 0.1) is 0 Å². The maximum Gasteiger partial charge on any atom is 0.320 e. The second kappa shape index (κ2) is 8.32. The van der Waals surface area contributed by atoms with Crippen LogP contribution in [0.5, 0.6) is 0 Å². The monoisotopic (exact) mass is 448 g/mol. The molecule has 1 unspecified atom stereocenters.